The number of hydrogen-bond donors (Lipinski definition) is 0. The average molecular weight is 286 g/mol. The highest BCUT2D eigenvalue weighted by atomic mass is 35.5. The van der Waals surface area contributed by atoms with Crippen molar-refractivity contribution in [3.63, 3.8) is 0 Å². The van der Waals surface area contributed by atoms with Crippen LogP contribution < -0.4 is 5.46 Å². The van der Waals surface area contributed by atoms with Crippen molar-refractivity contribution in [2.24, 2.45) is 0 Å². The number of hydrogen-bond acceptors (Lipinski definition) is 4. The van der Waals surface area contributed by atoms with E-state index in [0.717, 1.165) is 10.5 Å². The van der Waals surface area contributed by atoms with Gasteiger partial charge in [-0.05, 0) is 40.0 Å². The van der Waals surface area contributed by atoms with Gasteiger partial charge in [-0.15, -0.1) is 11.8 Å². The van der Waals surface area contributed by atoms with Crippen molar-refractivity contribution in [3.8, 4) is 0 Å². The zero-order valence-electron chi connectivity index (χ0n) is 11.3. The molecule has 1 fully saturated rings. The second-order valence-electron chi connectivity index (χ2n) is 5.35. The van der Waals surface area contributed by atoms with Gasteiger partial charge in [0.05, 0.1) is 16.2 Å². The van der Waals surface area contributed by atoms with E-state index in [4.69, 9.17) is 20.9 Å². The van der Waals surface area contributed by atoms with Crippen molar-refractivity contribution in [1.29, 1.82) is 0 Å². The zero-order valence-corrected chi connectivity index (χ0v) is 12.9. The third kappa shape index (κ3) is 2.41. The lowest BCUT2D eigenvalue weighted by molar-refractivity contribution is 0.00578. The van der Waals surface area contributed by atoms with Gasteiger partial charge in [-0.2, -0.15) is 0 Å². The predicted octanol–water partition coefficient (Wildman–Crippen LogP) is 2.76. The number of thioether (sulfide) groups is 1. The highest BCUT2D eigenvalue weighted by molar-refractivity contribution is 7.98. The van der Waals surface area contributed by atoms with Crippen LogP contribution in [0.1, 0.15) is 27.7 Å². The van der Waals surface area contributed by atoms with Gasteiger partial charge in [0, 0.05) is 11.7 Å². The van der Waals surface area contributed by atoms with E-state index in [9.17, 15) is 0 Å². The number of aromatic nitrogens is 1. The van der Waals surface area contributed by atoms with Crippen molar-refractivity contribution in [2.75, 3.05) is 6.26 Å². The Morgan fingerprint density at radius 3 is 2.22 bits per heavy atom. The Labute approximate surface area is 118 Å². The quantitative estimate of drug-likeness (QED) is 0.618. The fourth-order valence-corrected chi connectivity index (χ4v) is 2.52. The summed E-state index contributed by atoms with van der Waals surface area (Å²) in [5.74, 6) is 0. The monoisotopic (exact) mass is 285 g/mol. The SMILES string of the molecule is CSc1ncc(B2OC(C)(C)C(C)(C)O2)cc1Cl. The molecule has 18 heavy (non-hydrogen) atoms. The normalized spacial score (nSPS) is 21.3. The summed E-state index contributed by atoms with van der Waals surface area (Å²) in [5.41, 5.74) is 0.168. The summed E-state index contributed by atoms with van der Waals surface area (Å²) in [5, 5.41) is 1.45. The largest absolute Gasteiger partial charge is 0.496 e. The van der Waals surface area contributed by atoms with Gasteiger partial charge in [-0.3, -0.25) is 0 Å². The molecule has 0 atom stereocenters. The van der Waals surface area contributed by atoms with Gasteiger partial charge in [-0.25, -0.2) is 4.98 Å². The number of halogens is 1. The van der Waals surface area contributed by atoms with E-state index in [0.29, 0.717) is 5.02 Å². The van der Waals surface area contributed by atoms with E-state index in [2.05, 4.69) is 4.98 Å². The Bertz CT molecular complexity index is 451. The summed E-state index contributed by atoms with van der Waals surface area (Å²) in [6.07, 6.45) is 3.71. The van der Waals surface area contributed by atoms with Crippen LogP contribution in [0.25, 0.3) is 0 Å². The Kier molecular flexibility index (Phi) is 3.71. The lowest BCUT2D eigenvalue weighted by atomic mass is 9.80. The van der Waals surface area contributed by atoms with Crippen LogP contribution in [-0.4, -0.2) is 29.6 Å². The predicted molar refractivity (Wildman–Crippen MR) is 76.7 cm³/mol. The van der Waals surface area contributed by atoms with Gasteiger partial charge in [-0.1, -0.05) is 11.6 Å². The van der Waals surface area contributed by atoms with Crippen LogP contribution in [0.3, 0.4) is 0 Å². The third-order valence-electron chi connectivity index (χ3n) is 3.55. The van der Waals surface area contributed by atoms with Crippen LogP contribution in [0.5, 0.6) is 0 Å². The first-order valence-corrected chi connectivity index (χ1v) is 7.42. The molecule has 1 aromatic heterocycles. The first kappa shape index (κ1) is 14.2. The lowest BCUT2D eigenvalue weighted by Crippen LogP contribution is -2.41. The molecule has 98 valence electrons. The Morgan fingerprint density at radius 2 is 1.78 bits per heavy atom. The summed E-state index contributed by atoms with van der Waals surface area (Å²) in [6.45, 7) is 8.10. The molecule has 0 radical (unpaired) electrons. The molecule has 0 aromatic carbocycles. The molecule has 0 spiro atoms. The molecule has 2 heterocycles. The molecule has 1 aliphatic heterocycles. The lowest BCUT2D eigenvalue weighted by Gasteiger charge is -2.32. The molecule has 0 bridgehead atoms. The van der Waals surface area contributed by atoms with E-state index in [1.54, 1.807) is 6.20 Å². The second kappa shape index (κ2) is 4.71. The topological polar surface area (TPSA) is 31.4 Å². The molecule has 1 saturated heterocycles. The molecule has 1 aromatic rings. The van der Waals surface area contributed by atoms with Gasteiger partial charge < -0.3 is 9.31 Å². The number of pyridine rings is 1. The van der Waals surface area contributed by atoms with Crippen LogP contribution >= 0.6 is 23.4 Å². The van der Waals surface area contributed by atoms with Gasteiger partial charge in [0.1, 0.15) is 5.03 Å². The molecule has 0 N–H and O–H groups in total. The molecule has 1 aliphatic rings. The standard InChI is InChI=1S/C12H17BClNO2S/c1-11(2)12(3,4)17-13(16-11)8-6-9(14)10(18-5)15-7-8/h6-7H,1-5H3. The average Bonchev–Trinajstić information content (AvgIpc) is 2.48. The molecule has 0 amide bonds. The summed E-state index contributed by atoms with van der Waals surface area (Å²) < 4.78 is 11.9. The van der Waals surface area contributed by atoms with Crippen LogP contribution in [0, 0.1) is 0 Å². The molecule has 0 aliphatic carbocycles. The van der Waals surface area contributed by atoms with Gasteiger partial charge in [0.15, 0.2) is 0 Å². The fourth-order valence-electron chi connectivity index (χ4n) is 1.70. The van der Waals surface area contributed by atoms with Crippen molar-refractivity contribution >= 4 is 35.9 Å². The highest BCUT2D eigenvalue weighted by Gasteiger charge is 2.51. The summed E-state index contributed by atoms with van der Waals surface area (Å²) in [6, 6.07) is 1.86. The fraction of sp³-hybridized carbons (Fsp3) is 0.583. The molecule has 3 nitrogen and oxygen atoms in total. The summed E-state index contributed by atoms with van der Waals surface area (Å²) in [4.78, 5) is 4.31. The van der Waals surface area contributed by atoms with E-state index >= 15 is 0 Å². The Morgan fingerprint density at radius 1 is 1.22 bits per heavy atom. The molecule has 0 saturated carbocycles. The maximum Gasteiger partial charge on any atom is 0.496 e. The number of rotatable bonds is 2. The second-order valence-corrected chi connectivity index (χ2v) is 6.55. The Balaban J connectivity index is 2.27. The van der Waals surface area contributed by atoms with Gasteiger partial charge >= 0.3 is 7.12 Å². The number of nitrogens with zero attached hydrogens (tertiary/aromatic N) is 1. The molecule has 2 rings (SSSR count). The van der Waals surface area contributed by atoms with E-state index in [1.807, 2.05) is 40.0 Å². The van der Waals surface area contributed by atoms with Crippen molar-refractivity contribution in [2.45, 2.75) is 43.9 Å². The zero-order chi connectivity index (χ0) is 13.6. The molecular formula is C12H17BClNO2S. The molecular weight excluding hydrogens is 268 g/mol. The summed E-state index contributed by atoms with van der Waals surface area (Å²) >= 11 is 7.68. The van der Waals surface area contributed by atoms with Crippen LogP contribution in [0.4, 0.5) is 0 Å². The van der Waals surface area contributed by atoms with Crippen molar-refractivity contribution < 1.29 is 9.31 Å². The van der Waals surface area contributed by atoms with Crippen molar-refractivity contribution in [1.82, 2.24) is 4.98 Å². The highest BCUT2D eigenvalue weighted by Crippen LogP contribution is 2.36. The van der Waals surface area contributed by atoms with E-state index < -0.39 is 7.12 Å². The van der Waals surface area contributed by atoms with Crippen LogP contribution in [0.15, 0.2) is 17.3 Å². The van der Waals surface area contributed by atoms with Crippen LogP contribution in [0.2, 0.25) is 5.02 Å². The maximum absolute atomic E-state index is 6.16. The van der Waals surface area contributed by atoms with Gasteiger partial charge in [0.2, 0.25) is 0 Å². The first-order valence-electron chi connectivity index (χ1n) is 5.82. The molecule has 6 heteroatoms. The maximum atomic E-state index is 6.16. The summed E-state index contributed by atoms with van der Waals surface area (Å²) in [7, 11) is -0.407. The minimum atomic E-state index is -0.407. The van der Waals surface area contributed by atoms with Crippen molar-refractivity contribution in [3.05, 3.63) is 17.3 Å². The Hall–Kier alpha value is -0.225. The smallest absolute Gasteiger partial charge is 0.399 e. The van der Waals surface area contributed by atoms with Crippen LogP contribution in [-0.2, 0) is 9.31 Å². The third-order valence-corrected chi connectivity index (χ3v) is 4.66. The van der Waals surface area contributed by atoms with E-state index in [1.165, 1.54) is 11.8 Å². The molecule has 0 unspecified atom stereocenters. The van der Waals surface area contributed by atoms with E-state index in [-0.39, 0.29) is 11.2 Å². The minimum absolute atomic E-state index is 0.345. The first-order chi connectivity index (χ1) is 8.27. The minimum Gasteiger partial charge on any atom is -0.399 e. The van der Waals surface area contributed by atoms with Gasteiger partial charge in [0.25, 0.3) is 0 Å².